The predicted octanol–water partition coefficient (Wildman–Crippen LogP) is 4.38. The molecule has 2 aromatic rings. The number of rotatable bonds is 10. The third-order valence-electron chi connectivity index (χ3n) is 4.35. The zero-order chi connectivity index (χ0) is 23.5. The molecule has 3 N–H and O–H groups in total. The van der Waals surface area contributed by atoms with Crippen molar-refractivity contribution in [1.29, 1.82) is 0 Å². The van der Waals surface area contributed by atoms with Crippen LogP contribution in [0.5, 0.6) is 5.75 Å². The number of anilines is 1. The highest BCUT2D eigenvalue weighted by Crippen LogP contribution is 2.26. The third kappa shape index (κ3) is 8.57. The van der Waals surface area contributed by atoms with Crippen LogP contribution < -0.4 is 20.7 Å². The van der Waals surface area contributed by atoms with Gasteiger partial charge in [0.05, 0.1) is 17.7 Å². The Morgan fingerprint density at radius 2 is 1.81 bits per heavy atom. The second kappa shape index (κ2) is 13.1. The molecule has 2 aromatic carbocycles. The van der Waals surface area contributed by atoms with Crippen molar-refractivity contribution in [3.8, 4) is 5.75 Å². The molecular formula is C23H28BrN3O4S. The molecule has 0 unspecified atom stereocenters. The first kappa shape index (κ1) is 25.8. The number of hydrogen-bond acceptors (Lipinski definition) is 5. The van der Waals surface area contributed by atoms with Gasteiger partial charge in [0, 0.05) is 30.5 Å². The number of benzene rings is 2. The van der Waals surface area contributed by atoms with Crippen LogP contribution in [0.2, 0.25) is 0 Å². The van der Waals surface area contributed by atoms with Crippen molar-refractivity contribution in [2.45, 2.75) is 20.3 Å². The number of amides is 2. The zero-order valence-electron chi connectivity index (χ0n) is 18.4. The van der Waals surface area contributed by atoms with Gasteiger partial charge in [-0.2, -0.15) is 0 Å². The van der Waals surface area contributed by atoms with E-state index in [1.807, 2.05) is 0 Å². The van der Waals surface area contributed by atoms with Gasteiger partial charge in [-0.1, -0.05) is 19.9 Å². The van der Waals surface area contributed by atoms with Crippen molar-refractivity contribution >= 4 is 50.8 Å². The average Bonchev–Trinajstić information content (AvgIpc) is 2.74. The monoisotopic (exact) mass is 521 g/mol. The van der Waals surface area contributed by atoms with E-state index >= 15 is 0 Å². The first-order valence-electron chi connectivity index (χ1n) is 10.2. The van der Waals surface area contributed by atoms with E-state index in [2.05, 4.69) is 45.7 Å². The quantitative estimate of drug-likeness (QED) is 0.317. The predicted molar refractivity (Wildman–Crippen MR) is 133 cm³/mol. The summed E-state index contributed by atoms with van der Waals surface area (Å²) in [5.74, 6) is 0.660. The molecule has 0 spiro atoms. The molecule has 0 aliphatic heterocycles. The first-order chi connectivity index (χ1) is 15.3. The zero-order valence-corrected chi connectivity index (χ0v) is 20.8. The largest absolute Gasteiger partial charge is 0.492 e. The molecule has 0 saturated carbocycles. The normalized spacial score (nSPS) is 10.5. The molecule has 0 saturated heterocycles. The summed E-state index contributed by atoms with van der Waals surface area (Å²) in [6.07, 6.45) is 0.949. The van der Waals surface area contributed by atoms with Crippen LogP contribution >= 0.6 is 28.1 Å². The van der Waals surface area contributed by atoms with E-state index in [9.17, 15) is 9.59 Å². The molecule has 0 radical (unpaired) electrons. The summed E-state index contributed by atoms with van der Waals surface area (Å²) >= 11 is 8.70. The van der Waals surface area contributed by atoms with Crippen molar-refractivity contribution in [2.24, 2.45) is 5.92 Å². The smallest absolute Gasteiger partial charge is 0.257 e. The number of halogens is 1. The van der Waals surface area contributed by atoms with E-state index in [1.54, 1.807) is 49.6 Å². The molecule has 32 heavy (non-hydrogen) atoms. The molecule has 0 fully saturated rings. The van der Waals surface area contributed by atoms with Crippen molar-refractivity contribution < 1.29 is 19.1 Å². The molecule has 0 aliphatic carbocycles. The number of ether oxygens (including phenoxy) is 2. The maximum Gasteiger partial charge on any atom is 0.257 e. The van der Waals surface area contributed by atoms with Gasteiger partial charge in [0.15, 0.2) is 5.11 Å². The third-order valence-corrected chi connectivity index (χ3v) is 5.17. The molecule has 9 heteroatoms. The lowest BCUT2D eigenvalue weighted by molar-refractivity contribution is 0.0935. The fourth-order valence-corrected chi connectivity index (χ4v) is 3.31. The number of carbonyl (C=O) groups is 2. The van der Waals surface area contributed by atoms with E-state index < -0.39 is 0 Å². The van der Waals surface area contributed by atoms with E-state index in [4.69, 9.17) is 21.7 Å². The average molecular weight is 522 g/mol. The first-order valence-corrected chi connectivity index (χ1v) is 11.4. The van der Waals surface area contributed by atoms with Gasteiger partial charge in [0.2, 0.25) is 0 Å². The van der Waals surface area contributed by atoms with Crippen LogP contribution in [0.25, 0.3) is 0 Å². The summed E-state index contributed by atoms with van der Waals surface area (Å²) < 4.78 is 11.4. The van der Waals surface area contributed by atoms with Crippen molar-refractivity contribution in [2.75, 3.05) is 32.2 Å². The topological polar surface area (TPSA) is 88.7 Å². The molecule has 2 amide bonds. The molecule has 7 nitrogen and oxygen atoms in total. The molecule has 0 atom stereocenters. The van der Waals surface area contributed by atoms with Crippen molar-refractivity contribution in [1.82, 2.24) is 10.6 Å². The van der Waals surface area contributed by atoms with E-state index in [-0.39, 0.29) is 16.9 Å². The maximum absolute atomic E-state index is 12.6. The Bertz CT molecular complexity index is 953. The summed E-state index contributed by atoms with van der Waals surface area (Å²) in [6, 6.07) is 11.9. The number of hydrogen-bond donors (Lipinski definition) is 3. The molecule has 0 bridgehead atoms. The number of methoxy groups -OCH3 is 1. The molecular weight excluding hydrogens is 494 g/mol. The minimum atomic E-state index is -0.356. The van der Waals surface area contributed by atoms with E-state index in [0.29, 0.717) is 52.7 Å². The molecule has 172 valence electrons. The number of thiocarbonyl (C=S) groups is 1. The standard InChI is InChI=1S/C23H28BrN3O4S/c1-15(2)9-11-31-20-8-7-17(14-19(20)24)22(29)27-23(32)26-18-6-4-5-16(13-18)21(28)25-10-12-30-3/h4-8,13-15H,9-12H2,1-3H3,(H,25,28)(H2,26,27,29,32). The Hall–Kier alpha value is -2.49. The lowest BCUT2D eigenvalue weighted by Crippen LogP contribution is -2.34. The Morgan fingerprint density at radius 1 is 1.06 bits per heavy atom. The van der Waals surface area contributed by atoms with Gasteiger partial charge in [0.1, 0.15) is 5.75 Å². The van der Waals surface area contributed by atoms with Crippen molar-refractivity contribution in [3.05, 3.63) is 58.1 Å². The van der Waals surface area contributed by atoms with Gasteiger partial charge in [-0.05, 0) is 76.9 Å². The van der Waals surface area contributed by atoms with Gasteiger partial charge in [-0.15, -0.1) is 0 Å². The van der Waals surface area contributed by atoms with Crippen LogP contribution in [-0.2, 0) is 4.74 Å². The number of nitrogens with one attached hydrogen (secondary N) is 3. The maximum atomic E-state index is 12.6. The van der Waals surface area contributed by atoms with Crippen molar-refractivity contribution in [3.63, 3.8) is 0 Å². The lowest BCUT2D eigenvalue weighted by Gasteiger charge is -2.13. The van der Waals surface area contributed by atoms with Gasteiger partial charge < -0.3 is 20.1 Å². The highest BCUT2D eigenvalue weighted by Gasteiger charge is 2.12. The summed E-state index contributed by atoms with van der Waals surface area (Å²) in [6.45, 7) is 5.73. The van der Waals surface area contributed by atoms with Crippen LogP contribution in [0.3, 0.4) is 0 Å². The highest BCUT2D eigenvalue weighted by atomic mass is 79.9. The fourth-order valence-electron chi connectivity index (χ4n) is 2.61. The molecule has 2 rings (SSSR count). The van der Waals surface area contributed by atoms with Gasteiger partial charge in [-0.25, -0.2) is 0 Å². The van der Waals surface area contributed by atoms with Crippen LogP contribution in [0.1, 0.15) is 41.0 Å². The SMILES string of the molecule is COCCNC(=O)c1cccc(NC(=S)NC(=O)c2ccc(OCCC(C)C)c(Br)c2)c1. The summed E-state index contributed by atoms with van der Waals surface area (Å²) in [5, 5.41) is 8.45. The second-order valence-corrected chi connectivity index (χ2v) is 8.68. The van der Waals surface area contributed by atoms with Crippen LogP contribution in [0, 0.1) is 5.92 Å². The summed E-state index contributed by atoms with van der Waals surface area (Å²) in [4.78, 5) is 24.7. The van der Waals surface area contributed by atoms with Gasteiger partial charge in [0.25, 0.3) is 11.8 Å². The summed E-state index contributed by atoms with van der Waals surface area (Å²) in [7, 11) is 1.57. The molecule has 0 aliphatic rings. The van der Waals surface area contributed by atoms with Gasteiger partial charge >= 0.3 is 0 Å². The van der Waals surface area contributed by atoms with E-state index in [0.717, 1.165) is 6.42 Å². The Morgan fingerprint density at radius 3 is 2.50 bits per heavy atom. The Labute approximate surface area is 202 Å². The summed E-state index contributed by atoms with van der Waals surface area (Å²) in [5.41, 5.74) is 1.49. The lowest BCUT2D eigenvalue weighted by atomic mass is 10.1. The number of carbonyl (C=O) groups excluding carboxylic acids is 2. The Balaban J connectivity index is 1.92. The van der Waals surface area contributed by atoms with Crippen LogP contribution in [-0.4, -0.2) is 43.8 Å². The molecule has 0 aromatic heterocycles. The minimum absolute atomic E-state index is 0.125. The fraction of sp³-hybridized carbons (Fsp3) is 0.348. The molecule has 0 heterocycles. The highest BCUT2D eigenvalue weighted by molar-refractivity contribution is 9.10. The van der Waals surface area contributed by atoms with Crippen LogP contribution in [0.15, 0.2) is 46.9 Å². The van der Waals surface area contributed by atoms with Gasteiger partial charge in [-0.3, -0.25) is 14.9 Å². The Kier molecular flexibility index (Phi) is 10.6. The second-order valence-electron chi connectivity index (χ2n) is 7.41. The minimum Gasteiger partial charge on any atom is -0.492 e. The van der Waals surface area contributed by atoms with E-state index in [1.165, 1.54) is 0 Å². The van der Waals surface area contributed by atoms with Crippen LogP contribution in [0.4, 0.5) is 5.69 Å².